The number of hydrogen-bond donors (Lipinski definition) is 0. The van der Waals surface area contributed by atoms with Crippen LogP contribution in [0.1, 0.15) is 5.56 Å². The first-order chi connectivity index (χ1) is 29.7. The molecule has 0 aliphatic rings. The highest BCUT2D eigenvalue weighted by Crippen LogP contribution is 2.45. The molecule has 13 rings (SSSR count). The molecule has 0 atom stereocenters. The Balaban J connectivity index is 1.15. The Morgan fingerprint density at radius 1 is 0.350 bits per heavy atom. The molecule has 0 aliphatic carbocycles. The summed E-state index contributed by atoms with van der Waals surface area (Å²) in [5.41, 5.74) is 12.2. The highest BCUT2D eigenvalue weighted by atomic mass is 32.1. The lowest BCUT2D eigenvalue weighted by Crippen LogP contribution is -2.04. The van der Waals surface area contributed by atoms with Crippen molar-refractivity contribution in [2.45, 2.75) is 0 Å². The van der Waals surface area contributed by atoms with E-state index in [1.165, 1.54) is 52.8 Å². The Labute approximate surface area is 348 Å². The molecule has 13 aromatic rings. The molecule has 0 saturated carbocycles. The van der Waals surface area contributed by atoms with Crippen LogP contribution in [-0.4, -0.2) is 13.7 Å². The number of fused-ring (bicyclic) bond motifs is 12. The van der Waals surface area contributed by atoms with Gasteiger partial charge in [0, 0.05) is 75.0 Å². The lowest BCUT2D eigenvalue weighted by molar-refractivity contribution is 1.12. The number of nitriles is 1. The lowest BCUT2D eigenvalue weighted by atomic mass is 9.96. The number of hydrogen-bond acceptors (Lipinski definition) is 2. The topological polar surface area (TPSA) is 38.6 Å². The Hall–Kier alpha value is -7.91. The van der Waals surface area contributed by atoms with E-state index in [9.17, 15) is 5.26 Å². The average molecular weight is 781 g/mol. The molecule has 0 aliphatic heterocycles. The molecule has 4 aromatic heterocycles. The summed E-state index contributed by atoms with van der Waals surface area (Å²) in [5.74, 6) is 0. The molecule has 4 heterocycles. The minimum atomic E-state index is 0.638. The second kappa shape index (κ2) is 12.5. The Morgan fingerprint density at radius 3 is 1.40 bits per heavy atom. The number of nitrogens with zero attached hydrogens (tertiary/aromatic N) is 4. The largest absolute Gasteiger partial charge is 0.309 e. The van der Waals surface area contributed by atoms with Gasteiger partial charge in [-0.05, 0) is 66.7 Å². The highest BCUT2D eigenvalue weighted by Gasteiger charge is 2.24. The van der Waals surface area contributed by atoms with Gasteiger partial charge in [-0.15, -0.1) is 11.3 Å². The third-order valence-electron chi connectivity index (χ3n) is 12.5. The van der Waals surface area contributed by atoms with Crippen molar-refractivity contribution in [1.29, 1.82) is 5.26 Å². The number of rotatable bonds is 4. The second-order valence-electron chi connectivity index (χ2n) is 15.6. The maximum atomic E-state index is 11.5. The average Bonchev–Trinajstić information content (AvgIpc) is 4.05. The second-order valence-corrected chi connectivity index (χ2v) is 16.6. The van der Waals surface area contributed by atoms with Gasteiger partial charge in [0.15, 0.2) is 0 Å². The van der Waals surface area contributed by atoms with Gasteiger partial charge in [0.2, 0.25) is 0 Å². The van der Waals surface area contributed by atoms with Gasteiger partial charge in [-0.1, -0.05) is 127 Å². The van der Waals surface area contributed by atoms with Crippen molar-refractivity contribution in [3.05, 3.63) is 200 Å². The molecule has 60 heavy (non-hydrogen) atoms. The quantitative estimate of drug-likeness (QED) is 0.175. The van der Waals surface area contributed by atoms with Crippen LogP contribution in [0.2, 0.25) is 0 Å². The zero-order valence-corrected chi connectivity index (χ0v) is 33.0. The smallest absolute Gasteiger partial charge is 0.102 e. The summed E-state index contributed by atoms with van der Waals surface area (Å²) in [6.07, 6.45) is 0. The van der Waals surface area contributed by atoms with Gasteiger partial charge in [0.05, 0.1) is 44.4 Å². The molecule has 0 amide bonds. The number of para-hydroxylation sites is 5. The first kappa shape index (κ1) is 33.1. The summed E-state index contributed by atoms with van der Waals surface area (Å²) in [6, 6.07) is 72.4. The summed E-state index contributed by atoms with van der Waals surface area (Å²) >= 11 is 1.80. The van der Waals surface area contributed by atoms with E-state index >= 15 is 0 Å². The van der Waals surface area contributed by atoms with Crippen LogP contribution < -0.4 is 0 Å². The number of thiophene rings is 1. The number of aromatic nitrogens is 3. The van der Waals surface area contributed by atoms with Gasteiger partial charge < -0.3 is 13.7 Å². The van der Waals surface area contributed by atoms with Crippen molar-refractivity contribution in [1.82, 2.24) is 13.7 Å². The van der Waals surface area contributed by atoms with E-state index in [1.54, 1.807) is 11.3 Å². The van der Waals surface area contributed by atoms with Crippen LogP contribution >= 0.6 is 11.3 Å². The summed E-state index contributed by atoms with van der Waals surface area (Å²) in [4.78, 5) is 0. The van der Waals surface area contributed by atoms with Crippen molar-refractivity contribution in [3.8, 4) is 34.3 Å². The lowest BCUT2D eigenvalue weighted by Gasteiger charge is -2.18. The van der Waals surface area contributed by atoms with E-state index in [-0.39, 0.29) is 0 Å². The minimum absolute atomic E-state index is 0.638. The van der Waals surface area contributed by atoms with E-state index in [0.29, 0.717) is 5.56 Å². The molecule has 0 bridgehead atoms. The normalized spacial score (nSPS) is 12.0. The van der Waals surface area contributed by atoms with Crippen molar-refractivity contribution >= 4 is 96.9 Å². The molecular weight excluding hydrogens is 749 g/mol. The van der Waals surface area contributed by atoms with E-state index < -0.39 is 0 Å². The van der Waals surface area contributed by atoms with E-state index in [2.05, 4.69) is 214 Å². The Morgan fingerprint density at radius 2 is 0.817 bits per heavy atom. The maximum absolute atomic E-state index is 11.5. The minimum Gasteiger partial charge on any atom is -0.309 e. The molecule has 278 valence electrons. The maximum Gasteiger partial charge on any atom is 0.102 e. The molecule has 0 N–H and O–H groups in total. The predicted molar refractivity (Wildman–Crippen MR) is 252 cm³/mol. The molecule has 0 radical (unpaired) electrons. The van der Waals surface area contributed by atoms with Gasteiger partial charge >= 0.3 is 0 Å². The van der Waals surface area contributed by atoms with E-state index in [0.717, 1.165) is 61.0 Å². The summed E-state index contributed by atoms with van der Waals surface area (Å²) in [7, 11) is 0. The highest BCUT2D eigenvalue weighted by molar-refractivity contribution is 7.26. The van der Waals surface area contributed by atoms with Crippen LogP contribution in [0, 0.1) is 11.3 Å². The van der Waals surface area contributed by atoms with E-state index in [1.807, 2.05) is 0 Å². The fourth-order valence-corrected chi connectivity index (χ4v) is 11.2. The molecule has 9 aromatic carbocycles. The molecule has 0 saturated heterocycles. The Kier molecular flexibility index (Phi) is 6.92. The Bertz CT molecular complexity index is 3870. The fourth-order valence-electron chi connectivity index (χ4n) is 9.97. The van der Waals surface area contributed by atoms with Gasteiger partial charge in [-0.2, -0.15) is 5.26 Å². The van der Waals surface area contributed by atoms with Gasteiger partial charge in [-0.25, -0.2) is 0 Å². The van der Waals surface area contributed by atoms with Crippen molar-refractivity contribution in [2.24, 2.45) is 0 Å². The molecule has 0 unspecified atom stereocenters. The van der Waals surface area contributed by atoms with Crippen LogP contribution in [0.4, 0.5) is 0 Å². The third-order valence-corrected chi connectivity index (χ3v) is 13.7. The van der Waals surface area contributed by atoms with Crippen LogP contribution in [0.25, 0.3) is 114 Å². The van der Waals surface area contributed by atoms with Crippen molar-refractivity contribution in [2.75, 3.05) is 0 Å². The molecule has 0 spiro atoms. The molecule has 0 fully saturated rings. The summed E-state index contributed by atoms with van der Waals surface area (Å²) < 4.78 is 9.49. The van der Waals surface area contributed by atoms with Gasteiger partial charge in [0.1, 0.15) is 6.07 Å². The summed E-state index contributed by atoms with van der Waals surface area (Å²) in [5, 5.41) is 21.0. The van der Waals surface area contributed by atoms with Crippen LogP contribution in [0.5, 0.6) is 0 Å². The number of benzene rings is 9. The molecule has 5 heteroatoms. The van der Waals surface area contributed by atoms with E-state index in [4.69, 9.17) is 0 Å². The predicted octanol–water partition coefficient (Wildman–Crippen LogP) is 14.9. The first-order valence-corrected chi connectivity index (χ1v) is 21.1. The van der Waals surface area contributed by atoms with Crippen molar-refractivity contribution < 1.29 is 0 Å². The summed E-state index contributed by atoms with van der Waals surface area (Å²) in [6.45, 7) is 0. The molecule has 4 nitrogen and oxygen atoms in total. The first-order valence-electron chi connectivity index (χ1n) is 20.2. The zero-order valence-electron chi connectivity index (χ0n) is 32.2. The van der Waals surface area contributed by atoms with Crippen LogP contribution in [0.15, 0.2) is 194 Å². The van der Waals surface area contributed by atoms with Gasteiger partial charge in [-0.3, -0.25) is 0 Å². The SMILES string of the molecule is N#Cc1c(-c2cccc3c2sc2ccccc23)cc(-n2c3ccccc3c3ccccc32)cc1-n1c2ccccc2c2cc(-n3c4ccccc4c4ccccc43)ccc21. The monoisotopic (exact) mass is 780 g/mol. The zero-order chi connectivity index (χ0) is 39.5. The standard InChI is InChI=1S/C55H32N4S/c56-33-46-44(43-21-13-20-42-41-19-6-12-27-54(41)60-55(42)43)31-35(58-49-24-9-3-16-38(49)39-17-4-10-25-50(39)58)32-53(46)59-51-26-11-5-18-40(51)45-30-34(28-29-52(45)59)57-47-22-7-1-14-36(47)37-15-2-8-23-48(37)57/h1-32H. The van der Waals surface area contributed by atoms with Crippen LogP contribution in [0.3, 0.4) is 0 Å². The molecular formula is C55H32N4S. The fraction of sp³-hybridized carbons (Fsp3) is 0. The van der Waals surface area contributed by atoms with Crippen molar-refractivity contribution in [3.63, 3.8) is 0 Å². The third kappa shape index (κ3) is 4.54. The van der Waals surface area contributed by atoms with Crippen LogP contribution in [-0.2, 0) is 0 Å². The van der Waals surface area contributed by atoms with Gasteiger partial charge in [0.25, 0.3) is 0 Å².